The first kappa shape index (κ1) is 12.2. The number of aryl methyl sites for hydroxylation is 1. The number of carboxylic acid groups (broad SMARTS) is 1. The molecule has 7 heteroatoms. The van der Waals surface area contributed by atoms with Gasteiger partial charge in [-0.05, 0) is 0 Å². The normalized spacial score (nSPS) is 12.1. The summed E-state index contributed by atoms with van der Waals surface area (Å²) in [4.78, 5) is 21.7. The minimum absolute atomic E-state index is 0.292. The number of carbonyl (C=O) groups is 2. The topological polar surface area (TPSA) is 110 Å². The van der Waals surface area contributed by atoms with Crippen LogP contribution >= 0.6 is 0 Å². The molecule has 1 unspecified atom stereocenters. The van der Waals surface area contributed by atoms with Gasteiger partial charge in [0.1, 0.15) is 0 Å². The Bertz CT molecular complexity index is 388. The molecule has 0 saturated heterocycles. The lowest BCUT2D eigenvalue weighted by Gasteiger charge is -2.08. The summed E-state index contributed by atoms with van der Waals surface area (Å²) < 4.78 is 1.61. The highest BCUT2D eigenvalue weighted by Crippen LogP contribution is 1.96. The monoisotopic (exact) mass is 226 g/mol. The number of hydrogen-bond donors (Lipinski definition) is 3. The third-order valence-corrected chi connectivity index (χ3v) is 1.96. The Morgan fingerprint density at radius 2 is 2.38 bits per heavy atom. The predicted molar refractivity (Wildman–Crippen MR) is 55.3 cm³/mol. The molecule has 0 aliphatic rings. The van der Waals surface area contributed by atoms with Gasteiger partial charge in [0.25, 0.3) is 0 Å². The van der Waals surface area contributed by atoms with Gasteiger partial charge in [0, 0.05) is 25.4 Å². The summed E-state index contributed by atoms with van der Waals surface area (Å²) in [5.41, 5.74) is 6.21. The molecule has 7 nitrogen and oxygen atoms in total. The van der Waals surface area contributed by atoms with Crippen LogP contribution in [0.5, 0.6) is 0 Å². The Hall–Kier alpha value is -1.89. The van der Waals surface area contributed by atoms with E-state index in [4.69, 9.17) is 10.8 Å². The maximum absolute atomic E-state index is 11.3. The smallest absolute Gasteiger partial charge is 0.305 e. The molecule has 0 saturated carbocycles. The van der Waals surface area contributed by atoms with Gasteiger partial charge in [-0.1, -0.05) is 0 Å². The highest BCUT2D eigenvalue weighted by Gasteiger charge is 2.16. The van der Waals surface area contributed by atoms with E-state index in [1.807, 2.05) is 0 Å². The second kappa shape index (κ2) is 5.26. The quantitative estimate of drug-likeness (QED) is 0.586. The summed E-state index contributed by atoms with van der Waals surface area (Å²) in [5.74, 6) is -1.57. The molecule has 16 heavy (non-hydrogen) atoms. The largest absolute Gasteiger partial charge is 0.481 e. The van der Waals surface area contributed by atoms with Crippen LogP contribution in [-0.2, 0) is 23.2 Å². The molecule has 1 aromatic heterocycles. The lowest BCUT2D eigenvalue weighted by Crippen LogP contribution is -2.41. The van der Waals surface area contributed by atoms with E-state index in [0.29, 0.717) is 6.54 Å². The van der Waals surface area contributed by atoms with Gasteiger partial charge < -0.3 is 16.2 Å². The standard InChI is InChI=1S/C9H14N4O3/c1-13-5-6(4-12-13)3-11-9(16)7(10)2-8(14)15/h4-5,7H,2-3,10H2,1H3,(H,11,16)(H,14,15). The van der Waals surface area contributed by atoms with Gasteiger partial charge in [0.05, 0.1) is 18.7 Å². The Kier molecular flexibility index (Phi) is 4.01. The summed E-state index contributed by atoms with van der Waals surface area (Å²) in [6.07, 6.45) is 2.99. The van der Waals surface area contributed by atoms with Gasteiger partial charge in [-0.15, -0.1) is 0 Å². The Balaban J connectivity index is 2.37. The van der Waals surface area contributed by atoms with Crippen LogP contribution < -0.4 is 11.1 Å². The SMILES string of the molecule is Cn1cc(CNC(=O)C(N)CC(=O)O)cn1. The van der Waals surface area contributed by atoms with E-state index in [2.05, 4.69) is 10.4 Å². The van der Waals surface area contributed by atoms with Crippen LogP contribution in [0.4, 0.5) is 0 Å². The van der Waals surface area contributed by atoms with Crippen LogP contribution in [0, 0.1) is 0 Å². The average Bonchev–Trinajstić information content (AvgIpc) is 2.59. The van der Waals surface area contributed by atoms with Crippen LogP contribution in [0.25, 0.3) is 0 Å². The van der Waals surface area contributed by atoms with Gasteiger partial charge in [0.15, 0.2) is 0 Å². The van der Waals surface area contributed by atoms with Crippen molar-refractivity contribution in [2.45, 2.75) is 19.0 Å². The van der Waals surface area contributed by atoms with E-state index in [-0.39, 0.29) is 6.42 Å². The molecule has 0 radical (unpaired) electrons. The predicted octanol–water partition coefficient (Wildman–Crippen LogP) is -1.16. The minimum Gasteiger partial charge on any atom is -0.481 e. The number of rotatable bonds is 5. The third-order valence-electron chi connectivity index (χ3n) is 1.96. The molecule has 0 aliphatic carbocycles. The summed E-state index contributed by atoms with van der Waals surface area (Å²) in [5, 5.41) is 14.9. The first-order valence-corrected chi connectivity index (χ1v) is 4.71. The van der Waals surface area contributed by atoms with Gasteiger partial charge >= 0.3 is 5.97 Å². The molecule has 0 spiro atoms. The number of nitrogens with zero attached hydrogens (tertiary/aromatic N) is 2. The van der Waals surface area contributed by atoms with E-state index < -0.39 is 17.9 Å². The molecule has 1 heterocycles. The van der Waals surface area contributed by atoms with E-state index in [1.54, 1.807) is 24.1 Å². The molecule has 1 atom stereocenters. The van der Waals surface area contributed by atoms with Crippen molar-refractivity contribution < 1.29 is 14.7 Å². The van der Waals surface area contributed by atoms with Crippen molar-refractivity contribution in [2.75, 3.05) is 0 Å². The molecule has 88 valence electrons. The lowest BCUT2D eigenvalue weighted by molar-refractivity contribution is -0.139. The van der Waals surface area contributed by atoms with E-state index in [9.17, 15) is 9.59 Å². The second-order valence-electron chi connectivity index (χ2n) is 3.44. The zero-order chi connectivity index (χ0) is 12.1. The number of aromatic nitrogens is 2. The van der Waals surface area contributed by atoms with Crippen LogP contribution in [0.3, 0.4) is 0 Å². The summed E-state index contributed by atoms with van der Waals surface area (Å²) >= 11 is 0. The molecule has 0 fully saturated rings. The summed E-state index contributed by atoms with van der Waals surface area (Å²) in [6, 6.07) is -1.02. The third kappa shape index (κ3) is 3.70. The lowest BCUT2D eigenvalue weighted by atomic mass is 10.2. The van der Waals surface area contributed by atoms with Crippen molar-refractivity contribution in [3.63, 3.8) is 0 Å². The summed E-state index contributed by atoms with van der Waals surface area (Å²) in [7, 11) is 1.77. The number of amides is 1. The summed E-state index contributed by atoms with van der Waals surface area (Å²) in [6.45, 7) is 0.292. The molecule has 1 rings (SSSR count). The van der Waals surface area contributed by atoms with Crippen LogP contribution in [0.15, 0.2) is 12.4 Å². The number of aliphatic carboxylic acids is 1. The second-order valence-corrected chi connectivity index (χ2v) is 3.44. The number of hydrogen-bond acceptors (Lipinski definition) is 4. The van der Waals surface area contributed by atoms with Crippen molar-refractivity contribution in [1.82, 2.24) is 15.1 Å². The molecule has 4 N–H and O–H groups in total. The fourth-order valence-corrected chi connectivity index (χ4v) is 1.16. The van der Waals surface area contributed by atoms with Gasteiger partial charge in [-0.3, -0.25) is 14.3 Å². The highest BCUT2D eigenvalue weighted by molar-refractivity contribution is 5.85. The Morgan fingerprint density at radius 3 is 2.88 bits per heavy atom. The first-order chi connectivity index (χ1) is 7.49. The van der Waals surface area contributed by atoms with Crippen molar-refractivity contribution in [2.24, 2.45) is 12.8 Å². The van der Waals surface area contributed by atoms with E-state index in [1.165, 1.54) is 0 Å². The first-order valence-electron chi connectivity index (χ1n) is 4.71. The molecular formula is C9H14N4O3. The van der Waals surface area contributed by atoms with Gasteiger partial charge in [-0.25, -0.2) is 0 Å². The van der Waals surface area contributed by atoms with Crippen molar-refractivity contribution in [1.29, 1.82) is 0 Å². The Labute approximate surface area is 92.2 Å². The maximum atomic E-state index is 11.3. The number of carbonyl (C=O) groups excluding carboxylic acids is 1. The number of nitrogens with two attached hydrogens (primary N) is 1. The molecule has 1 amide bonds. The molecule has 0 aliphatic heterocycles. The zero-order valence-electron chi connectivity index (χ0n) is 8.88. The minimum atomic E-state index is -1.09. The molecule has 0 bridgehead atoms. The molecular weight excluding hydrogens is 212 g/mol. The van der Waals surface area contributed by atoms with Crippen molar-refractivity contribution in [3.05, 3.63) is 18.0 Å². The fraction of sp³-hybridized carbons (Fsp3) is 0.444. The Morgan fingerprint density at radius 1 is 1.69 bits per heavy atom. The van der Waals surface area contributed by atoms with Crippen LogP contribution in [-0.4, -0.2) is 32.8 Å². The molecule has 1 aromatic rings. The number of nitrogens with one attached hydrogen (secondary N) is 1. The van der Waals surface area contributed by atoms with E-state index >= 15 is 0 Å². The molecule has 0 aromatic carbocycles. The zero-order valence-corrected chi connectivity index (χ0v) is 8.88. The van der Waals surface area contributed by atoms with E-state index in [0.717, 1.165) is 5.56 Å². The van der Waals surface area contributed by atoms with Crippen molar-refractivity contribution in [3.8, 4) is 0 Å². The average molecular weight is 226 g/mol. The van der Waals surface area contributed by atoms with Crippen molar-refractivity contribution >= 4 is 11.9 Å². The van der Waals surface area contributed by atoms with Crippen LogP contribution in [0.1, 0.15) is 12.0 Å². The maximum Gasteiger partial charge on any atom is 0.305 e. The van der Waals surface area contributed by atoms with Crippen LogP contribution in [0.2, 0.25) is 0 Å². The number of carboxylic acids is 1. The van der Waals surface area contributed by atoms with Gasteiger partial charge in [-0.2, -0.15) is 5.10 Å². The fourth-order valence-electron chi connectivity index (χ4n) is 1.16. The van der Waals surface area contributed by atoms with Gasteiger partial charge in [0.2, 0.25) is 5.91 Å². The highest BCUT2D eigenvalue weighted by atomic mass is 16.4.